The number of allylic oxidation sites excluding steroid dienone is 1. The predicted octanol–water partition coefficient (Wildman–Crippen LogP) is 3.06. The summed E-state index contributed by atoms with van der Waals surface area (Å²) >= 11 is 0. The Bertz CT molecular complexity index is 226. The molecule has 1 rings (SSSR count). The summed E-state index contributed by atoms with van der Waals surface area (Å²) < 4.78 is 0. The summed E-state index contributed by atoms with van der Waals surface area (Å²) in [4.78, 5) is 0. The molecular weight excluding hydrogens is 146 g/mol. The lowest BCUT2D eigenvalue weighted by Gasteiger charge is -2.00. The molecule has 0 heterocycles. The highest BCUT2D eigenvalue weighted by Crippen LogP contribution is 2.03. The maximum Gasteiger partial charge on any atom is 0.0342 e. The van der Waals surface area contributed by atoms with E-state index in [9.17, 15) is 0 Å². The van der Waals surface area contributed by atoms with Gasteiger partial charge in [0.15, 0.2) is 0 Å². The standard InChI is InChI=1S/C11H15N/c1-2-3-7-10-12-11-8-5-4-6-9-11/h3-9,12H,2,10H2,1H3. The molecule has 0 aliphatic carbocycles. The molecule has 12 heavy (non-hydrogen) atoms. The molecule has 0 aliphatic heterocycles. The molecule has 1 N–H and O–H groups in total. The van der Waals surface area contributed by atoms with Crippen molar-refractivity contribution < 1.29 is 0 Å². The highest BCUT2D eigenvalue weighted by Gasteiger charge is 1.83. The molecule has 0 spiro atoms. The molecule has 0 unspecified atom stereocenters. The van der Waals surface area contributed by atoms with Gasteiger partial charge in [-0.05, 0) is 18.6 Å². The Labute approximate surface area is 74.1 Å². The van der Waals surface area contributed by atoms with Crippen LogP contribution in [0, 0.1) is 0 Å². The lowest BCUT2D eigenvalue weighted by molar-refractivity contribution is 1.20. The number of nitrogens with one attached hydrogen (secondary N) is 1. The van der Waals surface area contributed by atoms with Crippen LogP contribution < -0.4 is 5.32 Å². The summed E-state index contributed by atoms with van der Waals surface area (Å²) in [5.74, 6) is 0. The molecule has 0 saturated heterocycles. The molecule has 64 valence electrons. The van der Waals surface area contributed by atoms with Crippen LogP contribution in [-0.2, 0) is 0 Å². The molecule has 0 radical (unpaired) electrons. The molecule has 1 aromatic carbocycles. The average Bonchev–Trinajstić information content (AvgIpc) is 2.14. The van der Waals surface area contributed by atoms with Gasteiger partial charge >= 0.3 is 0 Å². The van der Waals surface area contributed by atoms with E-state index < -0.39 is 0 Å². The van der Waals surface area contributed by atoms with Crippen LogP contribution in [0.4, 0.5) is 5.69 Å². The van der Waals surface area contributed by atoms with Gasteiger partial charge in [-0.25, -0.2) is 0 Å². The molecule has 0 atom stereocenters. The average molecular weight is 161 g/mol. The molecule has 0 fully saturated rings. The Morgan fingerprint density at radius 2 is 1.92 bits per heavy atom. The van der Waals surface area contributed by atoms with E-state index in [1.807, 2.05) is 18.2 Å². The maximum absolute atomic E-state index is 3.29. The molecule has 1 heteroatoms. The van der Waals surface area contributed by atoms with Gasteiger partial charge in [-0.2, -0.15) is 0 Å². The zero-order chi connectivity index (χ0) is 8.65. The Hall–Kier alpha value is -1.24. The fourth-order valence-corrected chi connectivity index (χ4v) is 0.983. The van der Waals surface area contributed by atoms with Crippen molar-refractivity contribution in [2.24, 2.45) is 0 Å². The predicted molar refractivity (Wildman–Crippen MR) is 54.4 cm³/mol. The van der Waals surface area contributed by atoms with Crippen LogP contribution in [0.1, 0.15) is 13.3 Å². The van der Waals surface area contributed by atoms with Gasteiger partial charge < -0.3 is 5.32 Å². The van der Waals surface area contributed by atoms with Crippen LogP contribution in [0.15, 0.2) is 42.5 Å². The third-order valence-electron chi connectivity index (χ3n) is 1.60. The van der Waals surface area contributed by atoms with Gasteiger partial charge in [-0.3, -0.25) is 0 Å². The number of rotatable bonds is 4. The van der Waals surface area contributed by atoms with Crippen molar-refractivity contribution in [1.82, 2.24) is 0 Å². The minimum atomic E-state index is 0.915. The molecule has 1 aromatic rings. The molecule has 0 bridgehead atoms. The Morgan fingerprint density at radius 3 is 2.58 bits per heavy atom. The van der Waals surface area contributed by atoms with Crippen LogP contribution in [0.25, 0.3) is 0 Å². The second kappa shape index (κ2) is 5.42. The lowest BCUT2D eigenvalue weighted by atomic mass is 10.3. The number of hydrogen-bond acceptors (Lipinski definition) is 1. The molecule has 0 aliphatic rings. The smallest absolute Gasteiger partial charge is 0.0342 e. The van der Waals surface area contributed by atoms with Crippen LogP contribution in [0.2, 0.25) is 0 Å². The van der Waals surface area contributed by atoms with Crippen LogP contribution >= 0.6 is 0 Å². The van der Waals surface area contributed by atoms with Gasteiger partial charge in [0.2, 0.25) is 0 Å². The van der Waals surface area contributed by atoms with E-state index in [0.29, 0.717) is 0 Å². The largest absolute Gasteiger partial charge is 0.382 e. The SMILES string of the molecule is CCC=CCNc1ccccc1. The van der Waals surface area contributed by atoms with E-state index in [1.54, 1.807) is 0 Å². The minimum Gasteiger partial charge on any atom is -0.382 e. The van der Waals surface area contributed by atoms with Gasteiger partial charge in [0.05, 0.1) is 0 Å². The van der Waals surface area contributed by atoms with Gasteiger partial charge in [-0.15, -0.1) is 0 Å². The fraction of sp³-hybridized carbons (Fsp3) is 0.273. The van der Waals surface area contributed by atoms with Gasteiger partial charge in [0.25, 0.3) is 0 Å². The van der Waals surface area contributed by atoms with Gasteiger partial charge in [0, 0.05) is 12.2 Å². The summed E-state index contributed by atoms with van der Waals surface area (Å²) in [6.07, 6.45) is 5.42. The van der Waals surface area contributed by atoms with E-state index in [2.05, 4.69) is 36.5 Å². The lowest BCUT2D eigenvalue weighted by Crippen LogP contribution is -1.96. The van der Waals surface area contributed by atoms with Crippen LogP contribution in [0.3, 0.4) is 0 Å². The van der Waals surface area contributed by atoms with Gasteiger partial charge in [0.1, 0.15) is 0 Å². The first kappa shape index (κ1) is 8.85. The summed E-state index contributed by atoms with van der Waals surface area (Å²) in [6, 6.07) is 10.2. The summed E-state index contributed by atoms with van der Waals surface area (Å²) in [7, 11) is 0. The quantitative estimate of drug-likeness (QED) is 0.669. The summed E-state index contributed by atoms with van der Waals surface area (Å²) in [5, 5.41) is 3.29. The third kappa shape index (κ3) is 3.24. The number of anilines is 1. The Balaban J connectivity index is 2.29. The van der Waals surface area contributed by atoms with E-state index in [4.69, 9.17) is 0 Å². The molecular formula is C11H15N. The third-order valence-corrected chi connectivity index (χ3v) is 1.60. The van der Waals surface area contributed by atoms with Crippen molar-refractivity contribution in [2.45, 2.75) is 13.3 Å². The minimum absolute atomic E-state index is 0.915. The van der Waals surface area contributed by atoms with E-state index in [1.165, 1.54) is 5.69 Å². The number of benzene rings is 1. The zero-order valence-electron chi connectivity index (χ0n) is 7.46. The Kier molecular flexibility index (Phi) is 4.00. The first-order valence-electron chi connectivity index (χ1n) is 4.37. The van der Waals surface area contributed by atoms with Crippen molar-refractivity contribution in [3.8, 4) is 0 Å². The summed E-state index contributed by atoms with van der Waals surface area (Å²) in [5.41, 5.74) is 1.18. The second-order valence-electron chi connectivity index (χ2n) is 2.63. The highest BCUT2D eigenvalue weighted by atomic mass is 14.8. The highest BCUT2D eigenvalue weighted by molar-refractivity contribution is 5.42. The Morgan fingerprint density at radius 1 is 1.17 bits per heavy atom. The molecule has 0 amide bonds. The van der Waals surface area contributed by atoms with Crippen molar-refractivity contribution >= 4 is 5.69 Å². The summed E-state index contributed by atoms with van der Waals surface area (Å²) in [6.45, 7) is 3.05. The number of hydrogen-bond donors (Lipinski definition) is 1. The van der Waals surface area contributed by atoms with Crippen molar-refractivity contribution in [3.63, 3.8) is 0 Å². The molecule has 0 aromatic heterocycles. The van der Waals surface area contributed by atoms with Crippen molar-refractivity contribution in [3.05, 3.63) is 42.5 Å². The van der Waals surface area contributed by atoms with Gasteiger partial charge in [-0.1, -0.05) is 37.3 Å². The first-order valence-corrected chi connectivity index (χ1v) is 4.37. The monoisotopic (exact) mass is 161 g/mol. The van der Waals surface area contributed by atoms with Crippen molar-refractivity contribution in [2.75, 3.05) is 11.9 Å². The number of para-hydroxylation sites is 1. The first-order chi connectivity index (χ1) is 5.93. The van der Waals surface area contributed by atoms with E-state index >= 15 is 0 Å². The fourth-order valence-electron chi connectivity index (χ4n) is 0.983. The van der Waals surface area contributed by atoms with E-state index in [0.717, 1.165) is 13.0 Å². The molecule has 0 saturated carbocycles. The van der Waals surface area contributed by atoms with Crippen LogP contribution in [-0.4, -0.2) is 6.54 Å². The second-order valence-corrected chi connectivity index (χ2v) is 2.63. The maximum atomic E-state index is 3.29. The zero-order valence-corrected chi connectivity index (χ0v) is 7.46. The molecule has 1 nitrogen and oxygen atoms in total. The normalized spacial score (nSPS) is 10.4. The van der Waals surface area contributed by atoms with E-state index in [-0.39, 0.29) is 0 Å². The van der Waals surface area contributed by atoms with Crippen LogP contribution in [0.5, 0.6) is 0 Å². The van der Waals surface area contributed by atoms with Crippen molar-refractivity contribution in [1.29, 1.82) is 0 Å². The topological polar surface area (TPSA) is 12.0 Å².